The highest BCUT2D eigenvalue weighted by molar-refractivity contribution is 7.86. The molecule has 0 spiro atoms. The van der Waals surface area contributed by atoms with Crippen LogP contribution in [0, 0.1) is 0 Å². The fraction of sp³-hybridized carbons (Fsp3) is 1.00. The van der Waals surface area contributed by atoms with Gasteiger partial charge in [-0.2, -0.15) is 13.2 Å². The minimum Gasteiger partial charge on any atom is -0.867 e. The molecule has 0 radical (unpaired) electrons. The number of hydrogen-bond donors (Lipinski definition) is 0. The van der Waals surface area contributed by atoms with Gasteiger partial charge in [0.15, 0.2) is 10.1 Å². The summed E-state index contributed by atoms with van der Waals surface area (Å²) in [4.78, 5) is 0. The molecule has 0 saturated heterocycles. The van der Waals surface area contributed by atoms with Crippen LogP contribution in [0.25, 0.3) is 0 Å². The fourth-order valence-corrected chi connectivity index (χ4v) is 0. The van der Waals surface area contributed by atoms with E-state index in [1.807, 2.05) is 0 Å². The van der Waals surface area contributed by atoms with E-state index in [9.17, 15) is 30.4 Å². The Morgan fingerprint density at radius 2 is 0.625 bits per heavy atom. The molecule has 0 aliphatic carbocycles. The molecule has 0 unspecified atom stereocenters. The molecule has 24 heavy (non-hydrogen) atoms. The number of halogens is 7. The van der Waals surface area contributed by atoms with E-state index in [4.69, 9.17) is 53.2 Å². The minimum atomic E-state index is -6.09. The largest absolute Gasteiger partial charge is 0.867 e. The smallest absolute Gasteiger partial charge is 0.485 e. The van der Waals surface area contributed by atoms with Crippen LogP contribution in [0.1, 0.15) is 0 Å². The molecule has 146 valence electrons. The lowest BCUT2D eigenvalue weighted by Crippen LogP contribution is -2.39. The zero-order valence-electron chi connectivity index (χ0n) is 10.4. The highest BCUT2D eigenvalue weighted by atomic mass is 32.2. The molecule has 0 heterocycles. The fourth-order valence-electron chi connectivity index (χ4n) is 0. The van der Waals surface area contributed by atoms with Gasteiger partial charge in [-0.05, 0) is 0 Å². The van der Waals surface area contributed by atoms with Gasteiger partial charge in [-0.1, -0.05) is 0 Å². The molecule has 0 aromatic carbocycles. The van der Waals surface area contributed by atoms with E-state index < -0.39 is 45.2 Å². The Bertz CT molecular complexity index is 299. The second kappa shape index (κ2) is 18.7. The molecular weight excluding hydrogens is 396 g/mol. The molecule has 11 nitrogen and oxygen atoms in total. The molecule has 0 aliphatic heterocycles. The van der Waals surface area contributed by atoms with Crippen LogP contribution in [-0.2, 0) is 10.1 Å². The van der Waals surface area contributed by atoms with Gasteiger partial charge in [-0.3, -0.25) is 0 Å². The Kier molecular flexibility index (Phi) is 27.0. The molecule has 0 saturated carbocycles. The molecule has 0 fully saturated rings. The van der Waals surface area contributed by atoms with E-state index in [0.29, 0.717) is 0 Å². The maximum Gasteiger partial charge on any atom is 0.485 e. The van der Waals surface area contributed by atoms with Crippen LogP contribution in [0.15, 0.2) is 0 Å². The van der Waals surface area contributed by atoms with Crippen LogP contribution < -0.4 is 40.2 Å². The van der Waals surface area contributed by atoms with Gasteiger partial charge in [0.05, 0.1) is 0 Å². The Morgan fingerprint density at radius 3 is 0.625 bits per heavy atom. The van der Waals surface area contributed by atoms with Crippen molar-refractivity contribution in [2.24, 2.45) is 0 Å². The molecule has 0 aromatic heterocycles. The van der Waals surface area contributed by atoms with Crippen molar-refractivity contribution in [3.63, 3.8) is 0 Å². The standard InChI is InChI=1S/CHF3O3S.4BFO2/c2-1(3,4)8(5,6)7;4*2-1(3)4/h(H,5,6,7);;;;/q;4*-2/p-1. The van der Waals surface area contributed by atoms with Gasteiger partial charge in [0.1, 0.15) is 29.6 Å². The summed E-state index contributed by atoms with van der Waals surface area (Å²) in [6.07, 6.45) is 0. The van der Waals surface area contributed by atoms with Crippen molar-refractivity contribution < 1.29 is 83.6 Å². The molecule has 0 aromatic rings. The summed E-state index contributed by atoms with van der Waals surface area (Å²) in [5.74, 6) is 0. The predicted molar refractivity (Wildman–Crippen MR) is 43.2 cm³/mol. The predicted octanol–water partition coefficient (Wildman–Crippen LogP) is -9.30. The van der Waals surface area contributed by atoms with E-state index in [2.05, 4.69) is 0 Å². The van der Waals surface area contributed by atoms with Crippen LogP contribution in [0.4, 0.5) is 30.4 Å². The van der Waals surface area contributed by atoms with Crippen LogP contribution in [0.2, 0.25) is 0 Å². The quantitative estimate of drug-likeness (QED) is 0.161. The van der Waals surface area contributed by atoms with E-state index in [1.54, 1.807) is 0 Å². The first kappa shape index (κ1) is 34.6. The van der Waals surface area contributed by atoms with Crippen molar-refractivity contribution in [1.29, 1.82) is 0 Å². The lowest BCUT2D eigenvalue weighted by Gasteiger charge is -2.09. The van der Waals surface area contributed by atoms with Gasteiger partial charge in [0.25, 0.3) is 0 Å². The van der Waals surface area contributed by atoms with E-state index in [0.717, 1.165) is 0 Å². The average molecular weight is 396 g/mol. The second-order valence-electron chi connectivity index (χ2n) is 2.00. The highest BCUT2D eigenvalue weighted by Gasteiger charge is 2.36. The van der Waals surface area contributed by atoms with Crippen LogP contribution in [-0.4, -0.2) is 48.1 Å². The molecule has 0 N–H and O–H groups in total. The summed E-state index contributed by atoms with van der Waals surface area (Å²) in [7, 11) is -18.8. The van der Waals surface area contributed by atoms with Crippen molar-refractivity contribution in [1.82, 2.24) is 0 Å². The summed E-state index contributed by atoms with van der Waals surface area (Å²) < 4.78 is 98.5. The van der Waals surface area contributed by atoms with Crippen molar-refractivity contribution in [2.45, 2.75) is 5.51 Å². The Labute approximate surface area is 130 Å². The summed E-state index contributed by atoms with van der Waals surface area (Å²) in [5, 5.41) is 66.4. The van der Waals surface area contributed by atoms with Crippen LogP contribution >= 0.6 is 0 Å². The molecule has 0 aliphatic rings. The lowest BCUT2D eigenvalue weighted by molar-refractivity contribution is -0.368. The first-order valence-electron chi connectivity index (χ1n) is 4.03. The molecule has 0 atom stereocenters. The zero-order chi connectivity index (χ0) is 21.3. The Balaban J connectivity index is -0.0000000657. The Hall–Kier alpha value is -0.640. The maximum atomic E-state index is 10.7. The first-order chi connectivity index (χ1) is 10.2. The molecular formula is CB4F7O11S-9. The maximum absolute atomic E-state index is 10.7. The van der Waals surface area contributed by atoms with Gasteiger partial charge < -0.3 is 62.0 Å². The van der Waals surface area contributed by atoms with E-state index >= 15 is 0 Å². The summed E-state index contributed by atoms with van der Waals surface area (Å²) in [6.45, 7) is 0. The molecule has 0 rings (SSSR count). The van der Waals surface area contributed by atoms with Gasteiger partial charge in [0.2, 0.25) is 0 Å². The third kappa shape index (κ3) is 127. The summed E-state index contributed by atoms with van der Waals surface area (Å²) >= 11 is 0. The van der Waals surface area contributed by atoms with Crippen molar-refractivity contribution >= 4 is 39.7 Å². The van der Waals surface area contributed by atoms with Gasteiger partial charge in [0, 0.05) is 0 Å². The van der Waals surface area contributed by atoms with Crippen molar-refractivity contribution in [2.75, 3.05) is 0 Å². The van der Waals surface area contributed by atoms with Crippen molar-refractivity contribution in [3.8, 4) is 0 Å². The normalized spacial score (nSPS) is 9.17. The van der Waals surface area contributed by atoms with E-state index in [1.165, 1.54) is 0 Å². The topological polar surface area (TPSA) is 242 Å². The average Bonchev–Trinajstić information content (AvgIpc) is 2.08. The SMILES string of the molecule is O=S(=O)([O-])C(F)(F)F.[O-]B([O-])F.[O-]B([O-])F.[O-]B([O-])F.[O-]B([O-])F. The van der Waals surface area contributed by atoms with Gasteiger partial charge >= 0.3 is 5.51 Å². The molecule has 0 amide bonds. The van der Waals surface area contributed by atoms with Gasteiger partial charge in [-0.15, -0.1) is 0 Å². The summed E-state index contributed by atoms with van der Waals surface area (Å²) in [6, 6.07) is 0. The van der Waals surface area contributed by atoms with Gasteiger partial charge in [-0.25, -0.2) is 8.42 Å². The second-order valence-corrected chi connectivity index (χ2v) is 3.37. The summed E-state index contributed by atoms with van der Waals surface area (Å²) in [5.41, 5.74) is -5.65. The number of alkyl halides is 3. The first-order valence-corrected chi connectivity index (χ1v) is 5.44. The minimum absolute atomic E-state index is 3.17. The third-order valence-electron chi connectivity index (χ3n) is 0.283. The molecule has 0 bridgehead atoms. The lowest BCUT2D eigenvalue weighted by atomic mass is 10.3. The molecule has 23 heteroatoms. The number of hydrogen-bond acceptors (Lipinski definition) is 11. The highest BCUT2D eigenvalue weighted by Crippen LogP contribution is 2.20. The van der Waals surface area contributed by atoms with Crippen molar-refractivity contribution in [3.05, 3.63) is 0 Å². The van der Waals surface area contributed by atoms with E-state index in [-0.39, 0.29) is 0 Å². The Morgan fingerprint density at radius 1 is 0.583 bits per heavy atom. The number of rotatable bonds is 0. The van der Waals surface area contributed by atoms with Crippen LogP contribution in [0.3, 0.4) is 0 Å². The zero-order valence-corrected chi connectivity index (χ0v) is 11.2. The van der Waals surface area contributed by atoms with Crippen LogP contribution in [0.5, 0.6) is 0 Å². The third-order valence-corrected chi connectivity index (χ3v) is 0.850. The monoisotopic (exact) mass is 397 g/mol.